The van der Waals surface area contributed by atoms with E-state index in [9.17, 15) is 9.59 Å². The van der Waals surface area contributed by atoms with Crippen molar-refractivity contribution in [2.75, 3.05) is 19.7 Å². The number of piperidine rings is 1. The van der Waals surface area contributed by atoms with Gasteiger partial charge in [0, 0.05) is 25.4 Å². The highest BCUT2D eigenvalue weighted by Crippen LogP contribution is 2.12. The van der Waals surface area contributed by atoms with Gasteiger partial charge in [0.25, 0.3) is 5.91 Å². The number of carboxylic acid groups (broad SMARTS) is 1. The molecule has 1 aliphatic rings. The number of carbonyl (C=O) groups excluding carboxylic acids is 1. The minimum Gasteiger partial charge on any atom is -0.475 e. The molecule has 3 N–H and O–H groups in total. The van der Waals surface area contributed by atoms with E-state index in [0.29, 0.717) is 25.4 Å². The maximum Gasteiger partial charge on any atom is 0.372 e. The molecule has 22 heavy (non-hydrogen) atoms. The number of hydrogen-bond donors (Lipinski definition) is 3. The van der Waals surface area contributed by atoms with Crippen LogP contribution in [0.4, 0.5) is 0 Å². The molecule has 1 aliphatic heterocycles. The van der Waals surface area contributed by atoms with Gasteiger partial charge in [0.15, 0.2) is 0 Å². The number of nitrogens with zero attached hydrogens (tertiary/aromatic N) is 3. The molecule has 0 bridgehead atoms. The number of amidine groups is 1. The van der Waals surface area contributed by atoms with Crippen molar-refractivity contribution in [2.24, 2.45) is 0 Å². The lowest BCUT2D eigenvalue weighted by molar-refractivity contribution is 0.0141. The Hall–Kier alpha value is -2.26. The largest absolute Gasteiger partial charge is 0.475 e. The fourth-order valence-corrected chi connectivity index (χ4v) is 2.30. The normalized spacial score (nSPS) is 18.5. The topological polar surface area (TPSA) is 121 Å². The van der Waals surface area contributed by atoms with Crippen molar-refractivity contribution in [1.82, 2.24) is 19.9 Å². The molecule has 2 rings (SSSR count). The van der Waals surface area contributed by atoms with Crippen LogP contribution in [0.15, 0.2) is 12.4 Å². The van der Waals surface area contributed by atoms with Crippen LogP contribution in [0, 0.1) is 5.41 Å². The minimum absolute atomic E-state index is 0.0311. The number of carbonyl (C=O) groups is 2. The van der Waals surface area contributed by atoms with Gasteiger partial charge in [-0.3, -0.25) is 14.8 Å². The maximum atomic E-state index is 12.2. The zero-order chi connectivity index (χ0) is 16.1. The average molecular weight is 309 g/mol. The molecule has 9 nitrogen and oxygen atoms in total. The van der Waals surface area contributed by atoms with Gasteiger partial charge in [-0.05, 0) is 13.3 Å². The smallest absolute Gasteiger partial charge is 0.372 e. The first-order chi connectivity index (χ1) is 10.5. The Labute approximate surface area is 127 Å². The molecule has 1 aromatic rings. The summed E-state index contributed by atoms with van der Waals surface area (Å²) in [7, 11) is 0. The van der Waals surface area contributed by atoms with Crippen LogP contribution in [0.5, 0.6) is 0 Å². The number of hydrogen-bond acceptors (Lipinski definition) is 6. The van der Waals surface area contributed by atoms with E-state index in [-0.39, 0.29) is 18.4 Å². The number of carboxylic acids is 1. The summed E-state index contributed by atoms with van der Waals surface area (Å²) in [6.45, 7) is 2.79. The summed E-state index contributed by atoms with van der Waals surface area (Å²) in [5, 5.41) is 16.9. The highest BCUT2D eigenvalue weighted by atomic mass is 16.6. The van der Waals surface area contributed by atoms with Gasteiger partial charge >= 0.3 is 5.97 Å². The molecule has 0 radical (unpaired) electrons. The lowest BCUT2D eigenvalue weighted by Gasteiger charge is -2.34. The number of aromatic nitrogens is 2. The quantitative estimate of drug-likeness (QED) is 0.642. The summed E-state index contributed by atoms with van der Waals surface area (Å²) in [6, 6.07) is 0.0311. The number of likely N-dealkylation sites (tertiary alicyclic amines) is 1. The first kappa shape index (κ1) is 16.1. The first-order valence-electron chi connectivity index (χ1n) is 7.02. The molecule has 120 valence electrons. The maximum absolute atomic E-state index is 12.2. The van der Waals surface area contributed by atoms with Gasteiger partial charge in [-0.25, -0.2) is 9.78 Å². The SMILES string of the molecule is CCON[C@@H]1CCC(=N)N(CC(=O)n2ccnc2C(=O)O)C1. The van der Waals surface area contributed by atoms with Crippen LogP contribution in [-0.4, -0.2) is 63.0 Å². The molecule has 9 heteroatoms. The van der Waals surface area contributed by atoms with Crippen LogP contribution in [-0.2, 0) is 4.84 Å². The van der Waals surface area contributed by atoms with E-state index in [2.05, 4.69) is 10.5 Å². The lowest BCUT2D eigenvalue weighted by Crippen LogP contribution is -2.50. The molecular formula is C13H19N5O4. The van der Waals surface area contributed by atoms with Crippen LogP contribution in [0.3, 0.4) is 0 Å². The first-order valence-corrected chi connectivity index (χ1v) is 7.02. The van der Waals surface area contributed by atoms with Gasteiger partial charge < -0.3 is 14.8 Å². The summed E-state index contributed by atoms with van der Waals surface area (Å²) in [5.41, 5.74) is 2.90. The fourth-order valence-electron chi connectivity index (χ4n) is 2.30. The third kappa shape index (κ3) is 3.68. The molecule has 0 unspecified atom stereocenters. The molecular weight excluding hydrogens is 290 g/mol. The Balaban J connectivity index is 2.01. The summed E-state index contributed by atoms with van der Waals surface area (Å²) >= 11 is 0. The predicted octanol–water partition coefficient (Wildman–Crippen LogP) is 0.204. The monoisotopic (exact) mass is 309 g/mol. The van der Waals surface area contributed by atoms with Gasteiger partial charge in [0.05, 0.1) is 25.0 Å². The minimum atomic E-state index is -1.26. The zero-order valence-electron chi connectivity index (χ0n) is 12.3. The Bertz CT molecular complexity index is 571. The van der Waals surface area contributed by atoms with Crippen molar-refractivity contribution >= 4 is 17.7 Å². The Kier molecular flexibility index (Phi) is 5.23. The van der Waals surface area contributed by atoms with Gasteiger partial charge in [-0.15, -0.1) is 0 Å². The number of rotatable bonds is 6. The van der Waals surface area contributed by atoms with Crippen LogP contribution in [0.1, 0.15) is 35.2 Å². The Morgan fingerprint density at radius 1 is 1.59 bits per heavy atom. The summed E-state index contributed by atoms with van der Waals surface area (Å²) in [5.74, 6) is -1.66. The summed E-state index contributed by atoms with van der Waals surface area (Å²) in [4.78, 5) is 33.7. The molecule has 2 heterocycles. The standard InChI is InChI=1S/C13H19N5O4/c1-2-22-16-9-3-4-10(14)17(7-9)8-11(19)18-6-5-15-12(18)13(20)21/h5-6,9,14,16H,2-4,7-8H2,1H3,(H,20,21)/t9-/m1/s1. The van der Waals surface area contributed by atoms with Crippen LogP contribution < -0.4 is 5.48 Å². The molecule has 1 saturated heterocycles. The van der Waals surface area contributed by atoms with Crippen molar-refractivity contribution in [1.29, 1.82) is 5.41 Å². The zero-order valence-corrected chi connectivity index (χ0v) is 12.3. The predicted molar refractivity (Wildman–Crippen MR) is 76.9 cm³/mol. The molecule has 0 spiro atoms. The highest BCUT2D eigenvalue weighted by molar-refractivity contribution is 5.93. The van der Waals surface area contributed by atoms with Gasteiger partial charge in [0.2, 0.25) is 5.82 Å². The Morgan fingerprint density at radius 2 is 2.36 bits per heavy atom. The van der Waals surface area contributed by atoms with E-state index >= 15 is 0 Å². The lowest BCUT2D eigenvalue weighted by atomic mass is 10.1. The van der Waals surface area contributed by atoms with Crippen LogP contribution in [0.25, 0.3) is 0 Å². The molecule has 1 fully saturated rings. The second kappa shape index (κ2) is 7.14. The third-order valence-corrected chi connectivity index (χ3v) is 3.37. The van der Waals surface area contributed by atoms with Crippen molar-refractivity contribution in [3.05, 3.63) is 18.2 Å². The molecule has 0 amide bonds. The van der Waals surface area contributed by atoms with Crippen molar-refractivity contribution < 1.29 is 19.5 Å². The molecule has 1 aromatic heterocycles. The van der Waals surface area contributed by atoms with E-state index in [4.69, 9.17) is 15.4 Å². The van der Waals surface area contributed by atoms with E-state index in [0.717, 1.165) is 11.0 Å². The van der Waals surface area contributed by atoms with Crippen molar-refractivity contribution in [3.8, 4) is 0 Å². The van der Waals surface area contributed by atoms with Crippen LogP contribution >= 0.6 is 0 Å². The van der Waals surface area contributed by atoms with Gasteiger partial charge in [0.1, 0.15) is 0 Å². The Morgan fingerprint density at radius 3 is 3.05 bits per heavy atom. The van der Waals surface area contributed by atoms with Crippen LogP contribution in [0.2, 0.25) is 0 Å². The van der Waals surface area contributed by atoms with Crippen molar-refractivity contribution in [2.45, 2.75) is 25.8 Å². The number of hydroxylamine groups is 1. The van der Waals surface area contributed by atoms with E-state index in [1.54, 1.807) is 4.90 Å². The summed E-state index contributed by atoms with van der Waals surface area (Å²) in [6.07, 6.45) is 3.88. The molecule has 0 aliphatic carbocycles. The second-order valence-electron chi connectivity index (χ2n) is 4.93. The number of aromatic carboxylic acids is 1. The van der Waals surface area contributed by atoms with E-state index < -0.39 is 11.9 Å². The fraction of sp³-hybridized carbons (Fsp3) is 0.538. The average Bonchev–Trinajstić information content (AvgIpc) is 2.97. The van der Waals surface area contributed by atoms with Crippen molar-refractivity contribution in [3.63, 3.8) is 0 Å². The second-order valence-corrected chi connectivity index (χ2v) is 4.93. The molecule has 1 atom stereocenters. The van der Waals surface area contributed by atoms with E-state index in [1.807, 2.05) is 6.92 Å². The number of nitrogens with one attached hydrogen (secondary N) is 2. The molecule has 0 aromatic carbocycles. The molecule has 0 saturated carbocycles. The van der Waals surface area contributed by atoms with Gasteiger partial charge in [-0.1, -0.05) is 0 Å². The number of imidazole rings is 1. The third-order valence-electron chi connectivity index (χ3n) is 3.37. The summed E-state index contributed by atoms with van der Waals surface area (Å²) < 4.78 is 0.995. The van der Waals surface area contributed by atoms with Gasteiger partial charge in [-0.2, -0.15) is 5.48 Å². The highest BCUT2D eigenvalue weighted by Gasteiger charge is 2.26. The van der Waals surface area contributed by atoms with E-state index in [1.165, 1.54) is 12.4 Å².